The number of halogens is 1. The molecule has 0 aromatic carbocycles. The normalized spacial score (nSPS) is 17.0. The van der Waals surface area contributed by atoms with Gasteiger partial charge in [0, 0.05) is 31.4 Å². The lowest BCUT2D eigenvalue weighted by Crippen LogP contribution is -2.48. The van der Waals surface area contributed by atoms with E-state index in [1.54, 1.807) is 45.4 Å². The fourth-order valence-corrected chi connectivity index (χ4v) is 5.46. The number of carbonyl (C=O) groups is 3. The number of hydrogen-bond donors (Lipinski definition) is 2. The van der Waals surface area contributed by atoms with E-state index in [1.807, 2.05) is 40.7 Å². The van der Waals surface area contributed by atoms with Gasteiger partial charge in [-0.2, -0.15) is 0 Å². The molecule has 1 aliphatic heterocycles. The molecule has 0 aliphatic carbocycles. The third kappa shape index (κ3) is 8.19. The number of nitrogens with one attached hydrogen (secondary N) is 1. The van der Waals surface area contributed by atoms with E-state index < -0.39 is 35.3 Å². The van der Waals surface area contributed by atoms with Gasteiger partial charge >= 0.3 is 12.2 Å². The van der Waals surface area contributed by atoms with Gasteiger partial charge in [0.25, 0.3) is 5.91 Å². The molecule has 1 amide bonds. The highest BCUT2D eigenvalue weighted by Gasteiger charge is 2.29. The average Bonchev–Trinajstić information content (AvgIpc) is 3.49. The van der Waals surface area contributed by atoms with Crippen LogP contribution < -0.4 is 5.32 Å². The molecule has 2 N–H and O–H groups in total. The van der Waals surface area contributed by atoms with Crippen molar-refractivity contribution in [1.29, 1.82) is 0 Å². The molecule has 1 saturated heterocycles. The summed E-state index contributed by atoms with van der Waals surface area (Å²) < 4.78 is 19.8. The molecule has 1 unspecified atom stereocenters. The first-order valence-corrected chi connectivity index (χ1v) is 15.7. The minimum absolute atomic E-state index is 0.183. The molecule has 12 nitrogen and oxygen atoms in total. The lowest BCUT2D eigenvalue weighted by Gasteiger charge is -2.28. The maximum atomic E-state index is 12.8. The van der Waals surface area contributed by atoms with Crippen LogP contribution in [-0.2, 0) is 14.2 Å². The van der Waals surface area contributed by atoms with Crippen LogP contribution in [0.1, 0.15) is 69.4 Å². The van der Waals surface area contributed by atoms with Crippen LogP contribution in [-0.4, -0.2) is 78.9 Å². The summed E-state index contributed by atoms with van der Waals surface area (Å²) in [5.74, 6) is -0.397. The molecule has 4 aromatic heterocycles. The maximum absolute atomic E-state index is 12.8. The van der Waals surface area contributed by atoms with Gasteiger partial charge in [-0.25, -0.2) is 18.7 Å². The molecular formula is C32H40IN5O7. The van der Waals surface area contributed by atoms with E-state index in [1.165, 1.54) is 15.3 Å². The van der Waals surface area contributed by atoms with Gasteiger partial charge in [0.1, 0.15) is 22.2 Å². The minimum atomic E-state index is -0.767. The fraction of sp³-hybridized carbons (Fsp3) is 0.469. The first-order chi connectivity index (χ1) is 21.0. The van der Waals surface area contributed by atoms with Crippen molar-refractivity contribution in [2.24, 2.45) is 0 Å². The lowest BCUT2D eigenvalue weighted by atomic mass is 10.1. The largest absolute Gasteiger partial charge is 0.443 e. The summed E-state index contributed by atoms with van der Waals surface area (Å²) in [6, 6.07) is 3.25. The predicted octanol–water partition coefficient (Wildman–Crippen LogP) is 5.74. The molecule has 13 heteroatoms. The molecular weight excluding hydrogens is 693 g/mol. The average molecular weight is 734 g/mol. The minimum Gasteiger partial charge on any atom is -0.443 e. The summed E-state index contributed by atoms with van der Waals surface area (Å²) in [4.78, 5) is 46.2. The Balaban J connectivity index is 0.000000222. The Kier molecular flexibility index (Phi) is 10.2. The first kappa shape index (κ1) is 34.3. The van der Waals surface area contributed by atoms with E-state index in [0.717, 1.165) is 25.7 Å². The molecule has 0 saturated carbocycles. The van der Waals surface area contributed by atoms with Crippen molar-refractivity contribution >= 4 is 62.8 Å². The molecule has 5 rings (SSSR count). The number of nitrogens with zero attached hydrogens (tertiary/aromatic N) is 4. The van der Waals surface area contributed by atoms with Gasteiger partial charge in [0.15, 0.2) is 0 Å². The van der Waals surface area contributed by atoms with Crippen molar-refractivity contribution in [3.8, 4) is 0 Å². The van der Waals surface area contributed by atoms with Crippen LogP contribution in [0.3, 0.4) is 0 Å². The standard InChI is InChI=1S/C19H25N3O5.C13H15IN2O2/c1-11-5-7-20-15-12(17(24)21-13-6-8-26-10-14(13)23)9-22(16(11)15)18(25)27-19(2,3)4;1-8-5-6-15-10-9(14)7-16(11(8)10)12(17)18-13(2,3)4/h5,7,9,13-14,23H,6,8,10H2,1-4H3,(H,21,24);5-7H,1-4H3/t13?,14-;/m0./s1. The van der Waals surface area contributed by atoms with Gasteiger partial charge in [-0.1, -0.05) is 0 Å². The van der Waals surface area contributed by atoms with E-state index in [-0.39, 0.29) is 18.3 Å². The third-order valence-electron chi connectivity index (χ3n) is 6.78. The Labute approximate surface area is 275 Å². The molecule has 4 aromatic rings. The summed E-state index contributed by atoms with van der Waals surface area (Å²) in [6.45, 7) is 15.4. The summed E-state index contributed by atoms with van der Waals surface area (Å²) in [5, 5.41) is 12.8. The third-order valence-corrected chi connectivity index (χ3v) is 7.57. The molecule has 0 bridgehead atoms. The number of rotatable bonds is 2. The molecule has 0 spiro atoms. The number of fused-ring (bicyclic) bond motifs is 2. The Hall–Kier alpha value is -3.56. The number of aliphatic hydroxyl groups excluding tert-OH is 1. The van der Waals surface area contributed by atoms with Crippen LogP contribution in [0.5, 0.6) is 0 Å². The molecule has 1 fully saturated rings. The van der Waals surface area contributed by atoms with Gasteiger partial charge < -0.3 is 24.6 Å². The van der Waals surface area contributed by atoms with Crippen LogP contribution in [0.4, 0.5) is 9.59 Å². The second-order valence-corrected chi connectivity index (χ2v) is 14.0. The smallest absolute Gasteiger partial charge is 0.419 e. The van der Waals surface area contributed by atoms with Crippen molar-refractivity contribution in [3.63, 3.8) is 0 Å². The maximum Gasteiger partial charge on any atom is 0.419 e. The highest BCUT2D eigenvalue weighted by Crippen LogP contribution is 2.26. The van der Waals surface area contributed by atoms with Gasteiger partial charge in [-0.05, 0) is 108 Å². The van der Waals surface area contributed by atoms with E-state index in [2.05, 4.69) is 37.9 Å². The van der Waals surface area contributed by atoms with Gasteiger partial charge in [-0.15, -0.1) is 0 Å². The molecule has 242 valence electrons. The number of amides is 1. The topological polar surface area (TPSA) is 147 Å². The van der Waals surface area contributed by atoms with Crippen LogP contribution in [0.15, 0.2) is 36.9 Å². The van der Waals surface area contributed by atoms with Gasteiger partial charge in [0.05, 0.1) is 38.9 Å². The number of aliphatic hydroxyl groups is 1. The second kappa shape index (κ2) is 13.4. The quantitative estimate of drug-likeness (QED) is 0.246. The second-order valence-electron chi connectivity index (χ2n) is 12.9. The molecule has 45 heavy (non-hydrogen) atoms. The van der Waals surface area contributed by atoms with Crippen LogP contribution >= 0.6 is 22.6 Å². The Morgan fingerprint density at radius 2 is 1.42 bits per heavy atom. The van der Waals surface area contributed by atoms with Crippen molar-refractivity contribution in [2.45, 2.75) is 85.2 Å². The summed E-state index contributed by atoms with van der Waals surface area (Å²) in [5.41, 5.74) is 3.50. The van der Waals surface area contributed by atoms with E-state index >= 15 is 0 Å². The predicted molar refractivity (Wildman–Crippen MR) is 178 cm³/mol. The fourth-order valence-electron chi connectivity index (χ4n) is 4.79. The van der Waals surface area contributed by atoms with Crippen molar-refractivity contribution < 1.29 is 33.7 Å². The molecule has 1 aliphatic rings. The number of carbonyl (C=O) groups excluding carboxylic acids is 3. The Morgan fingerprint density at radius 1 is 0.911 bits per heavy atom. The van der Waals surface area contributed by atoms with E-state index in [4.69, 9.17) is 14.2 Å². The Morgan fingerprint density at radius 3 is 1.96 bits per heavy atom. The summed E-state index contributed by atoms with van der Waals surface area (Å²) in [6.07, 6.45) is 5.36. The zero-order chi connectivity index (χ0) is 33.3. The van der Waals surface area contributed by atoms with E-state index in [0.29, 0.717) is 24.1 Å². The van der Waals surface area contributed by atoms with Crippen molar-refractivity contribution in [2.75, 3.05) is 13.2 Å². The number of hydrogen-bond acceptors (Lipinski definition) is 9. The first-order valence-electron chi connectivity index (χ1n) is 14.6. The number of aryl methyl sites for hydroxylation is 2. The SMILES string of the molecule is Cc1ccnc2c(C(=O)NC3CCOC[C@@H]3O)cn(C(=O)OC(C)(C)C)c12.Cc1ccnc2c(I)cn(C(=O)OC(C)(C)C)c12. The lowest BCUT2D eigenvalue weighted by molar-refractivity contribution is -0.0260. The monoisotopic (exact) mass is 733 g/mol. The molecule has 0 radical (unpaired) electrons. The zero-order valence-electron chi connectivity index (χ0n) is 26.8. The Bertz CT molecular complexity index is 1730. The summed E-state index contributed by atoms with van der Waals surface area (Å²) >= 11 is 2.18. The molecule has 2 atom stereocenters. The highest BCUT2D eigenvalue weighted by molar-refractivity contribution is 14.1. The van der Waals surface area contributed by atoms with Crippen molar-refractivity contribution in [3.05, 3.63) is 57.2 Å². The van der Waals surface area contributed by atoms with Gasteiger partial charge in [-0.3, -0.25) is 14.8 Å². The zero-order valence-corrected chi connectivity index (χ0v) is 29.0. The van der Waals surface area contributed by atoms with Crippen LogP contribution in [0.2, 0.25) is 0 Å². The summed E-state index contributed by atoms with van der Waals surface area (Å²) in [7, 11) is 0. The van der Waals surface area contributed by atoms with Crippen LogP contribution in [0, 0.1) is 17.4 Å². The van der Waals surface area contributed by atoms with Crippen molar-refractivity contribution in [1.82, 2.24) is 24.4 Å². The number of pyridine rings is 2. The molecule has 5 heterocycles. The van der Waals surface area contributed by atoms with Gasteiger partial charge in [0.2, 0.25) is 0 Å². The number of aromatic nitrogens is 4. The highest BCUT2D eigenvalue weighted by atomic mass is 127. The van der Waals surface area contributed by atoms with E-state index in [9.17, 15) is 19.5 Å². The van der Waals surface area contributed by atoms with Crippen LogP contribution in [0.25, 0.3) is 22.1 Å². The number of ether oxygens (including phenoxy) is 3.